The Morgan fingerprint density at radius 1 is 0.500 bits per heavy atom. The molecule has 0 amide bonds. The van der Waals surface area contributed by atoms with E-state index in [4.69, 9.17) is 0 Å². The summed E-state index contributed by atoms with van der Waals surface area (Å²) in [6, 6.07) is 0. The van der Waals surface area contributed by atoms with Gasteiger partial charge < -0.3 is 29.7 Å². The van der Waals surface area contributed by atoms with Gasteiger partial charge in [0.05, 0.1) is 0 Å². The third-order valence-electron chi connectivity index (χ3n) is 1.84. The summed E-state index contributed by atoms with van der Waals surface area (Å²) >= 11 is 0. The maximum atomic E-state index is 9.91. The summed E-state index contributed by atoms with van der Waals surface area (Å²) in [6.45, 7) is 14.4. The molecule has 22 heavy (non-hydrogen) atoms. The van der Waals surface area contributed by atoms with Crippen LogP contribution in [-0.2, 0) is 14.4 Å². The van der Waals surface area contributed by atoms with Crippen molar-refractivity contribution in [3.8, 4) is 0 Å². The van der Waals surface area contributed by atoms with Gasteiger partial charge in [0.2, 0.25) is 0 Å². The Bertz CT molecular complexity index is 299. The summed E-state index contributed by atoms with van der Waals surface area (Å²) in [6.07, 6.45) is 0. The number of hydrogen-bond donors (Lipinski definition) is 0. The van der Waals surface area contributed by atoms with Crippen LogP contribution in [0, 0.1) is 16.2 Å². The van der Waals surface area contributed by atoms with E-state index in [1.54, 1.807) is 62.3 Å². The van der Waals surface area contributed by atoms with Gasteiger partial charge in [-0.2, -0.15) is 0 Å². The van der Waals surface area contributed by atoms with Gasteiger partial charge >= 0.3 is 25.8 Å². The second-order valence-electron chi connectivity index (χ2n) is 7.61. The van der Waals surface area contributed by atoms with Crippen LogP contribution in [0.4, 0.5) is 0 Å². The van der Waals surface area contributed by atoms with E-state index in [1.165, 1.54) is 0 Å². The number of aliphatic carboxylic acids is 3. The molecule has 0 aromatic rings. The van der Waals surface area contributed by atoms with E-state index >= 15 is 0 Å². The molecular formula is C15H27InO6. The monoisotopic (exact) mass is 418 g/mol. The summed E-state index contributed by atoms with van der Waals surface area (Å²) in [5.74, 6) is -3.02. The van der Waals surface area contributed by atoms with Crippen molar-refractivity contribution in [1.29, 1.82) is 0 Å². The minimum atomic E-state index is -1.01. The van der Waals surface area contributed by atoms with E-state index in [0.29, 0.717) is 0 Å². The fraction of sp³-hybridized carbons (Fsp3) is 0.800. The van der Waals surface area contributed by atoms with Crippen molar-refractivity contribution < 1.29 is 29.7 Å². The minimum Gasteiger partial charge on any atom is -0.550 e. The van der Waals surface area contributed by atoms with Crippen molar-refractivity contribution in [2.45, 2.75) is 62.3 Å². The molecule has 0 aliphatic rings. The molecule has 0 atom stereocenters. The van der Waals surface area contributed by atoms with Crippen molar-refractivity contribution in [1.82, 2.24) is 0 Å². The largest absolute Gasteiger partial charge is 3.00 e. The number of carboxylic acid groups (broad SMARTS) is 3. The van der Waals surface area contributed by atoms with Crippen LogP contribution in [0.5, 0.6) is 0 Å². The summed E-state index contributed by atoms with van der Waals surface area (Å²) in [5, 5.41) is 29.7. The standard InChI is InChI=1S/3C5H10O2.In/c3*1-5(2,3)4(6)7;/h3*1-3H3,(H,6,7);/q;;;+3/p-3. The molecular weight excluding hydrogens is 391 g/mol. The molecule has 0 saturated carbocycles. The molecule has 0 aromatic heterocycles. The number of rotatable bonds is 0. The SMILES string of the molecule is CC(C)(C)C(=O)[O-].CC(C)(C)C(=O)[O-].CC(C)(C)C(=O)[O-].[In+3]. The van der Waals surface area contributed by atoms with Crippen LogP contribution in [0.1, 0.15) is 62.3 Å². The van der Waals surface area contributed by atoms with Crippen molar-refractivity contribution in [2.24, 2.45) is 16.2 Å². The first-order valence-electron chi connectivity index (χ1n) is 6.47. The Labute approximate surface area is 152 Å². The summed E-state index contributed by atoms with van der Waals surface area (Å²) in [4.78, 5) is 29.7. The molecule has 0 heterocycles. The molecule has 0 fully saturated rings. The van der Waals surface area contributed by atoms with Gasteiger partial charge in [-0.15, -0.1) is 0 Å². The van der Waals surface area contributed by atoms with Crippen LogP contribution >= 0.6 is 0 Å². The second kappa shape index (κ2) is 10.9. The Hall–Kier alpha value is -0.720. The molecule has 0 aromatic carbocycles. The first-order chi connectivity index (χ1) is 8.83. The molecule has 0 spiro atoms. The first kappa shape index (κ1) is 29.3. The Morgan fingerprint density at radius 2 is 0.545 bits per heavy atom. The van der Waals surface area contributed by atoms with Gasteiger partial charge in [-0.3, -0.25) is 0 Å². The number of carbonyl (C=O) groups excluding carboxylic acids is 3. The van der Waals surface area contributed by atoms with Crippen LogP contribution in [0.15, 0.2) is 0 Å². The topological polar surface area (TPSA) is 120 Å². The second-order valence-corrected chi connectivity index (χ2v) is 7.61. The van der Waals surface area contributed by atoms with Crippen LogP contribution < -0.4 is 15.3 Å². The Kier molecular flexibility index (Phi) is 14.5. The normalized spacial score (nSPS) is 10.8. The fourth-order valence-corrected chi connectivity index (χ4v) is 0. The van der Waals surface area contributed by atoms with Gasteiger partial charge in [-0.25, -0.2) is 0 Å². The molecule has 0 unspecified atom stereocenters. The van der Waals surface area contributed by atoms with Crippen molar-refractivity contribution in [3.05, 3.63) is 0 Å². The van der Waals surface area contributed by atoms with Crippen molar-refractivity contribution in [2.75, 3.05) is 0 Å². The van der Waals surface area contributed by atoms with Crippen molar-refractivity contribution in [3.63, 3.8) is 0 Å². The molecule has 0 radical (unpaired) electrons. The molecule has 7 heteroatoms. The smallest absolute Gasteiger partial charge is 0.550 e. The molecule has 6 nitrogen and oxygen atoms in total. The average molecular weight is 418 g/mol. The maximum absolute atomic E-state index is 9.91. The van der Waals surface area contributed by atoms with E-state index < -0.39 is 34.2 Å². The van der Waals surface area contributed by atoms with E-state index in [9.17, 15) is 29.7 Å². The van der Waals surface area contributed by atoms with Crippen molar-refractivity contribution >= 4 is 43.8 Å². The molecule has 0 aliphatic carbocycles. The first-order valence-corrected chi connectivity index (χ1v) is 6.47. The zero-order chi connectivity index (χ0) is 18.2. The van der Waals surface area contributed by atoms with E-state index in [0.717, 1.165) is 0 Å². The van der Waals surface area contributed by atoms with E-state index in [-0.39, 0.29) is 25.8 Å². The Morgan fingerprint density at radius 3 is 0.545 bits per heavy atom. The van der Waals surface area contributed by atoms with E-state index in [2.05, 4.69) is 0 Å². The molecule has 0 N–H and O–H groups in total. The molecule has 126 valence electrons. The summed E-state index contributed by atoms with van der Waals surface area (Å²) < 4.78 is 0. The van der Waals surface area contributed by atoms with Crippen LogP contribution in [0.25, 0.3) is 0 Å². The van der Waals surface area contributed by atoms with Crippen LogP contribution in [0.3, 0.4) is 0 Å². The third-order valence-corrected chi connectivity index (χ3v) is 1.84. The molecule has 0 bridgehead atoms. The fourth-order valence-electron chi connectivity index (χ4n) is 0. The summed E-state index contributed by atoms with van der Waals surface area (Å²) in [5.41, 5.74) is -2.08. The van der Waals surface area contributed by atoms with Gasteiger partial charge in [-0.1, -0.05) is 62.3 Å². The summed E-state index contributed by atoms with van der Waals surface area (Å²) in [7, 11) is 0. The quantitative estimate of drug-likeness (QED) is 0.496. The predicted octanol–water partition coefficient (Wildman–Crippen LogP) is -1.03. The number of carbonyl (C=O) groups is 3. The molecule has 0 rings (SSSR count). The zero-order valence-electron chi connectivity index (χ0n) is 15.0. The minimum absolute atomic E-state index is 0. The Balaban J connectivity index is -0.000000108. The molecule has 0 aliphatic heterocycles. The third kappa shape index (κ3) is 21.6. The van der Waals surface area contributed by atoms with Gasteiger partial charge in [0.1, 0.15) is 0 Å². The maximum Gasteiger partial charge on any atom is 3.00 e. The van der Waals surface area contributed by atoms with E-state index in [1.807, 2.05) is 0 Å². The molecule has 0 saturated heterocycles. The van der Waals surface area contributed by atoms with Crippen LogP contribution in [-0.4, -0.2) is 43.8 Å². The zero-order valence-corrected chi connectivity index (χ0v) is 18.3. The van der Waals surface area contributed by atoms with Crippen LogP contribution in [0.2, 0.25) is 0 Å². The number of hydrogen-bond acceptors (Lipinski definition) is 6. The number of carboxylic acids is 3. The average Bonchev–Trinajstić information content (AvgIpc) is 2.14. The predicted molar refractivity (Wildman–Crippen MR) is 79.1 cm³/mol. The van der Waals surface area contributed by atoms with Gasteiger partial charge in [0.25, 0.3) is 0 Å². The van der Waals surface area contributed by atoms with Gasteiger partial charge in [0.15, 0.2) is 0 Å². The van der Waals surface area contributed by atoms with Gasteiger partial charge in [0, 0.05) is 34.2 Å². The van der Waals surface area contributed by atoms with Gasteiger partial charge in [-0.05, 0) is 0 Å².